The van der Waals surface area contributed by atoms with Crippen LogP contribution in [-0.2, 0) is 30.2 Å². The molecule has 1 unspecified atom stereocenters. The third-order valence-corrected chi connectivity index (χ3v) is 7.07. The Hall–Kier alpha value is -2.78. The Morgan fingerprint density at radius 2 is 2.03 bits per heavy atom. The minimum Gasteiger partial charge on any atom is -0.497 e. The second kappa shape index (κ2) is 7.97. The van der Waals surface area contributed by atoms with Crippen molar-refractivity contribution >= 4 is 11.9 Å². The molecule has 32 heavy (non-hydrogen) atoms. The number of methoxy groups -OCH3 is 2. The summed E-state index contributed by atoms with van der Waals surface area (Å²) >= 11 is 0. The molecule has 3 aliphatic heterocycles. The number of fused-ring (bicyclic) bond motifs is 3. The highest BCUT2D eigenvalue weighted by atomic mass is 16.7. The van der Waals surface area contributed by atoms with Gasteiger partial charge < -0.3 is 28.8 Å². The molecule has 9 heteroatoms. The van der Waals surface area contributed by atoms with Crippen molar-refractivity contribution in [2.45, 2.75) is 49.3 Å². The van der Waals surface area contributed by atoms with Gasteiger partial charge in [0.15, 0.2) is 23.7 Å². The van der Waals surface area contributed by atoms with Gasteiger partial charge >= 0.3 is 11.9 Å². The zero-order valence-corrected chi connectivity index (χ0v) is 18.2. The largest absolute Gasteiger partial charge is 0.497 e. The third kappa shape index (κ3) is 3.22. The fourth-order valence-corrected chi connectivity index (χ4v) is 5.62. The maximum atomic E-state index is 12.7. The first-order chi connectivity index (χ1) is 15.5. The van der Waals surface area contributed by atoms with Crippen LogP contribution in [0.15, 0.2) is 24.0 Å². The Balaban J connectivity index is 1.54. The van der Waals surface area contributed by atoms with Gasteiger partial charge in [-0.05, 0) is 55.1 Å². The van der Waals surface area contributed by atoms with Crippen molar-refractivity contribution in [3.63, 3.8) is 0 Å². The number of esters is 2. The fraction of sp³-hybridized carbons (Fsp3) is 0.565. The van der Waals surface area contributed by atoms with E-state index in [1.54, 1.807) is 7.11 Å². The van der Waals surface area contributed by atoms with Gasteiger partial charge in [0.1, 0.15) is 5.76 Å². The van der Waals surface area contributed by atoms with Gasteiger partial charge in [-0.3, -0.25) is 9.69 Å². The molecule has 3 heterocycles. The van der Waals surface area contributed by atoms with E-state index in [0.717, 1.165) is 49.2 Å². The van der Waals surface area contributed by atoms with E-state index in [-0.39, 0.29) is 18.2 Å². The SMILES string of the molecule is COC(=O)C[C@@H](O)C(=O)OC1C(OC)=C[C@]23CCCN2CCc2cc4c(cc2[C@H]13)OCO4. The first kappa shape index (κ1) is 21.1. The standard InChI is InChI=1S/C23H27NO8/c1-28-18-11-23-5-3-6-24(23)7-4-13-8-16-17(31-12-30-16)9-14(13)20(23)21(18)32-22(27)15(25)10-19(26)29-2/h8-9,11,15,20-21,25H,3-7,10,12H2,1-2H3/t15-,20-,21?,23+/m1/s1. The minimum absolute atomic E-state index is 0.180. The highest BCUT2D eigenvalue weighted by molar-refractivity contribution is 5.82. The van der Waals surface area contributed by atoms with E-state index in [9.17, 15) is 14.7 Å². The summed E-state index contributed by atoms with van der Waals surface area (Å²) in [7, 11) is 2.76. The van der Waals surface area contributed by atoms with Gasteiger partial charge in [-0.15, -0.1) is 0 Å². The lowest BCUT2D eigenvalue weighted by Gasteiger charge is -2.39. The number of aliphatic hydroxyl groups is 1. The number of benzene rings is 1. The smallest absolute Gasteiger partial charge is 0.336 e. The number of ether oxygens (including phenoxy) is 5. The van der Waals surface area contributed by atoms with Crippen LogP contribution in [0.1, 0.15) is 36.3 Å². The Morgan fingerprint density at radius 3 is 2.78 bits per heavy atom. The van der Waals surface area contributed by atoms with E-state index in [1.807, 2.05) is 12.1 Å². The molecule has 0 radical (unpaired) electrons. The molecule has 9 nitrogen and oxygen atoms in total. The van der Waals surface area contributed by atoms with E-state index in [1.165, 1.54) is 7.11 Å². The zero-order valence-electron chi connectivity index (χ0n) is 18.2. The van der Waals surface area contributed by atoms with E-state index in [4.69, 9.17) is 18.9 Å². The Labute approximate surface area is 185 Å². The van der Waals surface area contributed by atoms with E-state index >= 15 is 0 Å². The van der Waals surface area contributed by atoms with Crippen molar-refractivity contribution in [1.29, 1.82) is 0 Å². The molecule has 1 saturated heterocycles. The van der Waals surface area contributed by atoms with Gasteiger partial charge in [0.2, 0.25) is 6.79 Å². The van der Waals surface area contributed by atoms with Crippen LogP contribution in [0.5, 0.6) is 11.5 Å². The molecule has 1 aliphatic carbocycles. The lowest BCUT2D eigenvalue weighted by atomic mass is 9.77. The molecule has 1 N–H and O–H groups in total. The molecular formula is C23H27NO8. The summed E-state index contributed by atoms with van der Waals surface area (Å²) in [5.74, 6) is 0.143. The Kier molecular flexibility index (Phi) is 5.25. The molecule has 1 fully saturated rings. The Bertz CT molecular complexity index is 975. The molecule has 5 rings (SSSR count). The molecule has 4 atom stereocenters. The number of aliphatic hydroxyl groups excluding tert-OH is 1. The maximum Gasteiger partial charge on any atom is 0.336 e. The maximum absolute atomic E-state index is 12.7. The summed E-state index contributed by atoms with van der Waals surface area (Å²) in [6.07, 6.45) is 2.02. The molecule has 4 aliphatic rings. The van der Waals surface area contributed by atoms with Crippen LogP contribution in [0.25, 0.3) is 0 Å². The summed E-state index contributed by atoms with van der Waals surface area (Å²) in [6, 6.07) is 4.01. The molecule has 1 spiro atoms. The van der Waals surface area contributed by atoms with Crippen molar-refractivity contribution in [2.75, 3.05) is 34.1 Å². The van der Waals surface area contributed by atoms with E-state index in [2.05, 4.69) is 15.7 Å². The van der Waals surface area contributed by atoms with Crippen molar-refractivity contribution in [2.24, 2.45) is 0 Å². The molecule has 1 aromatic rings. The average Bonchev–Trinajstić information content (AvgIpc) is 3.47. The second-order valence-electron chi connectivity index (χ2n) is 8.62. The van der Waals surface area contributed by atoms with Crippen LogP contribution in [0.3, 0.4) is 0 Å². The molecule has 0 bridgehead atoms. The first-order valence-corrected chi connectivity index (χ1v) is 10.9. The van der Waals surface area contributed by atoms with Crippen molar-refractivity contribution in [1.82, 2.24) is 4.90 Å². The molecular weight excluding hydrogens is 418 g/mol. The van der Waals surface area contributed by atoms with Crippen molar-refractivity contribution in [3.05, 3.63) is 35.1 Å². The monoisotopic (exact) mass is 445 g/mol. The molecule has 0 amide bonds. The van der Waals surface area contributed by atoms with Gasteiger partial charge in [0.05, 0.1) is 32.1 Å². The topological polar surface area (TPSA) is 104 Å². The summed E-state index contributed by atoms with van der Waals surface area (Å²) in [5, 5.41) is 10.2. The number of nitrogens with zero attached hydrogens (tertiary/aromatic N) is 1. The number of hydrogen-bond acceptors (Lipinski definition) is 9. The number of carbonyl (C=O) groups excluding carboxylic acids is 2. The predicted octanol–water partition coefficient (Wildman–Crippen LogP) is 1.27. The van der Waals surface area contributed by atoms with Crippen LogP contribution in [-0.4, -0.2) is 73.8 Å². The van der Waals surface area contributed by atoms with Crippen LogP contribution in [0, 0.1) is 0 Å². The Morgan fingerprint density at radius 1 is 1.25 bits per heavy atom. The predicted molar refractivity (Wildman–Crippen MR) is 110 cm³/mol. The normalized spacial score (nSPS) is 28.7. The lowest BCUT2D eigenvalue weighted by Crippen LogP contribution is -2.47. The average molecular weight is 445 g/mol. The van der Waals surface area contributed by atoms with Gasteiger partial charge in [0.25, 0.3) is 0 Å². The van der Waals surface area contributed by atoms with Gasteiger partial charge in [-0.2, -0.15) is 0 Å². The first-order valence-electron chi connectivity index (χ1n) is 10.9. The lowest BCUT2D eigenvalue weighted by molar-refractivity contribution is -0.164. The highest BCUT2D eigenvalue weighted by Crippen LogP contribution is 2.55. The minimum atomic E-state index is -1.61. The number of hydrogen-bond donors (Lipinski definition) is 1. The zero-order chi connectivity index (χ0) is 22.5. The second-order valence-corrected chi connectivity index (χ2v) is 8.62. The van der Waals surface area contributed by atoms with Crippen LogP contribution in [0.2, 0.25) is 0 Å². The van der Waals surface area contributed by atoms with Gasteiger partial charge in [-0.25, -0.2) is 4.79 Å². The number of carbonyl (C=O) groups is 2. The quantitative estimate of drug-likeness (QED) is 0.671. The number of rotatable bonds is 5. The fourth-order valence-electron chi connectivity index (χ4n) is 5.62. The summed E-state index contributed by atoms with van der Waals surface area (Å²) in [5.41, 5.74) is 1.79. The van der Waals surface area contributed by atoms with E-state index < -0.39 is 30.6 Å². The van der Waals surface area contributed by atoms with Crippen molar-refractivity contribution < 1.29 is 38.4 Å². The molecule has 172 valence electrons. The highest BCUT2D eigenvalue weighted by Gasteiger charge is 2.58. The molecule has 0 aromatic heterocycles. The van der Waals surface area contributed by atoms with E-state index in [0.29, 0.717) is 11.5 Å². The molecule has 0 saturated carbocycles. The van der Waals surface area contributed by atoms with Gasteiger partial charge in [-0.1, -0.05) is 0 Å². The third-order valence-electron chi connectivity index (χ3n) is 7.07. The molecule has 1 aromatic carbocycles. The van der Waals surface area contributed by atoms with Crippen LogP contribution in [0.4, 0.5) is 0 Å². The van der Waals surface area contributed by atoms with Crippen molar-refractivity contribution in [3.8, 4) is 11.5 Å². The van der Waals surface area contributed by atoms with Gasteiger partial charge in [0, 0.05) is 6.54 Å². The summed E-state index contributed by atoms with van der Waals surface area (Å²) in [4.78, 5) is 26.7. The van der Waals surface area contributed by atoms with Crippen LogP contribution >= 0.6 is 0 Å². The summed E-state index contributed by atoms with van der Waals surface area (Å²) in [6.45, 7) is 1.98. The van der Waals surface area contributed by atoms with Crippen LogP contribution < -0.4 is 9.47 Å². The summed E-state index contributed by atoms with van der Waals surface area (Å²) < 4.78 is 27.3.